The van der Waals surface area contributed by atoms with Crippen LogP contribution in [0.15, 0.2) is 40.8 Å². The van der Waals surface area contributed by atoms with Gasteiger partial charge in [-0.15, -0.1) is 0 Å². The Bertz CT molecular complexity index is 714. The lowest BCUT2D eigenvalue weighted by molar-refractivity contribution is 0.341. The van der Waals surface area contributed by atoms with Gasteiger partial charge in [0.05, 0.1) is 0 Å². The first-order valence-electron chi connectivity index (χ1n) is 6.03. The Balaban J connectivity index is 1.98. The number of fused-ring (bicyclic) bond motifs is 1. The molecule has 0 radical (unpaired) electrons. The number of hydrogen-bond acceptors (Lipinski definition) is 4. The van der Waals surface area contributed by atoms with Crippen molar-refractivity contribution in [1.29, 1.82) is 0 Å². The van der Waals surface area contributed by atoms with Gasteiger partial charge in [-0.2, -0.15) is 4.98 Å². The summed E-state index contributed by atoms with van der Waals surface area (Å²) in [5.41, 5.74) is 10.1. The lowest BCUT2D eigenvalue weighted by Gasteiger charge is -2.08. The van der Waals surface area contributed by atoms with Crippen LogP contribution >= 0.6 is 0 Å². The van der Waals surface area contributed by atoms with Crippen LogP contribution in [-0.4, -0.2) is 4.98 Å². The van der Waals surface area contributed by atoms with Gasteiger partial charge in [0.2, 0.25) is 0 Å². The summed E-state index contributed by atoms with van der Waals surface area (Å²) in [5.74, 6) is 0.662. The standard InChI is InChI=1S/C15H14N2O2/c1-9-7-10(2)14(8-11(9)16)19-15-17-12-5-3-4-6-13(12)18-15/h3-8H,16H2,1-2H3. The number of ether oxygens (including phenoxy) is 1. The van der Waals surface area contributed by atoms with Crippen molar-refractivity contribution in [2.45, 2.75) is 13.8 Å². The molecule has 0 spiro atoms. The molecule has 0 atom stereocenters. The van der Waals surface area contributed by atoms with Crippen molar-refractivity contribution >= 4 is 16.8 Å². The molecule has 0 aliphatic rings. The Kier molecular flexibility index (Phi) is 2.63. The zero-order chi connectivity index (χ0) is 13.4. The van der Waals surface area contributed by atoms with E-state index in [0.717, 1.165) is 16.6 Å². The molecular formula is C15H14N2O2. The van der Waals surface area contributed by atoms with Crippen molar-refractivity contribution in [3.63, 3.8) is 0 Å². The van der Waals surface area contributed by atoms with Crippen LogP contribution in [0.3, 0.4) is 0 Å². The summed E-state index contributed by atoms with van der Waals surface area (Å²) in [5, 5.41) is 0. The summed E-state index contributed by atoms with van der Waals surface area (Å²) >= 11 is 0. The normalized spacial score (nSPS) is 10.8. The number of nitrogens with zero attached hydrogens (tertiary/aromatic N) is 1. The highest BCUT2D eigenvalue weighted by atomic mass is 16.6. The summed E-state index contributed by atoms with van der Waals surface area (Å²) in [4.78, 5) is 4.27. The van der Waals surface area contributed by atoms with Gasteiger partial charge >= 0.3 is 6.08 Å². The molecule has 0 amide bonds. The minimum Gasteiger partial charge on any atom is -0.411 e. The van der Waals surface area contributed by atoms with E-state index in [1.54, 1.807) is 6.07 Å². The highest BCUT2D eigenvalue weighted by molar-refractivity contribution is 5.72. The second kappa shape index (κ2) is 4.31. The van der Waals surface area contributed by atoms with Gasteiger partial charge in [-0.1, -0.05) is 18.2 Å². The van der Waals surface area contributed by atoms with Gasteiger partial charge in [-0.25, -0.2) is 0 Å². The van der Waals surface area contributed by atoms with Crippen molar-refractivity contribution in [2.75, 3.05) is 5.73 Å². The van der Waals surface area contributed by atoms with E-state index >= 15 is 0 Å². The number of oxazole rings is 1. The number of benzene rings is 2. The number of nitrogen functional groups attached to an aromatic ring is 1. The predicted molar refractivity (Wildman–Crippen MR) is 74.4 cm³/mol. The van der Waals surface area contributed by atoms with Crippen LogP contribution in [0, 0.1) is 13.8 Å². The highest BCUT2D eigenvalue weighted by Gasteiger charge is 2.10. The molecule has 96 valence electrons. The minimum atomic E-state index is 0.229. The third-order valence-corrected chi connectivity index (χ3v) is 3.04. The third-order valence-electron chi connectivity index (χ3n) is 3.04. The number of para-hydroxylation sites is 2. The van der Waals surface area contributed by atoms with Gasteiger partial charge in [0.15, 0.2) is 5.58 Å². The summed E-state index contributed by atoms with van der Waals surface area (Å²) in [6.45, 7) is 3.93. The largest absolute Gasteiger partial charge is 0.411 e. The quantitative estimate of drug-likeness (QED) is 0.706. The van der Waals surface area contributed by atoms with Gasteiger partial charge in [-0.3, -0.25) is 0 Å². The van der Waals surface area contributed by atoms with Gasteiger partial charge in [-0.05, 0) is 37.1 Å². The Labute approximate surface area is 110 Å². The molecule has 1 aromatic heterocycles. The smallest absolute Gasteiger partial charge is 0.400 e. The summed E-state index contributed by atoms with van der Waals surface area (Å²) in [6, 6.07) is 11.3. The fraction of sp³-hybridized carbons (Fsp3) is 0.133. The van der Waals surface area contributed by atoms with E-state index in [1.807, 2.05) is 44.2 Å². The van der Waals surface area contributed by atoms with Crippen LogP contribution < -0.4 is 10.5 Å². The molecule has 2 aromatic carbocycles. The molecule has 4 nitrogen and oxygen atoms in total. The molecule has 3 aromatic rings. The van der Waals surface area contributed by atoms with Crippen LogP contribution in [0.5, 0.6) is 11.8 Å². The SMILES string of the molecule is Cc1cc(C)c(Oc2nc3ccccc3o2)cc1N. The van der Waals surface area contributed by atoms with E-state index in [9.17, 15) is 0 Å². The summed E-state index contributed by atoms with van der Waals surface area (Å²) in [7, 11) is 0. The first-order chi connectivity index (χ1) is 9.13. The maximum atomic E-state index is 5.89. The zero-order valence-electron chi connectivity index (χ0n) is 10.8. The Morgan fingerprint density at radius 1 is 1.11 bits per heavy atom. The molecule has 3 rings (SSSR count). The topological polar surface area (TPSA) is 61.3 Å². The molecule has 2 N–H and O–H groups in total. The van der Waals surface area contributed by atoms with Crippen LogP contribution in [0.2, 0.25) is 0 Å². The highest BCUT2D eigenvalue weighted by Crippen LogP contribution is 2.30. The van der Waals surface area contributed by atoms with Crippen molar-refractivity contribution < 1.29 is 9.15 Å². The summed E-state index contributed by atoms with van der Waals surface area (Å²) < 4.78 is 11.2. The van der Waals surface area contributed by atoms with Crippen molar-refractivity contribution in [1.82, 2.24) is 4.98 Å². The number of rotatable bonds is 2. The van der Waals surface area contributed by atoms with E-state index in [4.69, 9.17) is 14.9 Å². The number of nitrogens with two attached hydrogens (primary N) is 1. The maximum absolute atomic E-state index is 5.89. The van der Waals surface area contributed by atoms with Crippen molar-refractivity contribution in [2.24, 2.45) is 0 Å². The third kappa shape index (κ3) is 2.12. The van der Waals surface area contributed by atoms with E-state index < -0.39 is 0 Å². The average molecular weight is 254 g/mol. The summed E-state index contributed by atoms with van der Waals surface area (Å²) in [6.07, 6.45) is 0.229. The Morgan fingerprint density at radius 3 is 2.68 bits per heavy atom. The van der Waals surface area contributed by atoms with Crippen LogP contribution in [0.4, 0.5) is 5.69 Å². The van der Waals surface area contributed by atoms with Crippen molar-refractivity contribution in [3.05, 3.63) is 47.5 Å². The maximum Gasteiger partial charge on any atom is 0.400 e. The second-order valence-corrected chi connectivity index (χ2v) is 4.52. The first kappa shape index (κ1) is 11.6. The van der Waals surface area contributed by atoms with E-state index in [1.165, 1.54) is 0 Å². The molecule has 0 unspecified atom stereocenters. The fourth-order valence-corrected chi connectivity index (χ4v) is 1.95. The predicted octanol–water partition coefficient (Wildman–Crippen LogP) is 3.82. The second-order valence-electron chi connectivity index (χ2n) is 4.52. The molecule has 0 aliphatic carbocycles. The average Bonchev–Trinajstić information content (AvgIpc) is 2.78. The number of aromatic nitrogens is 1. The number of aryl methyl sites for hydroxylation is 2. The molecular weight excluding hydrogens is 240 g/mol. The number of hydrogen-bond donors (Lipinski definition) is 1. The lowest BCUT2D eigenvalue weighted by atomic mass is 10.1. The Hall–Kier alpha value is -2.49. The van der Waals surface area contributed by atoms with Gasteiger partial charge < -0.3 is 14.9 Å². The molecule has 0 fully saturated rings. The van der Waals surface area contributed by atoms with E-state index in [-0.39, 0.29) is 6.08 Å². The minimum absolute atomic E-state index is 0.229. The van der Waals surface area contributed by atoms with Gasteiger partial charge in [0, 0.05) is 11.8 Å². The van der Waals surface area contributed by atoms with E-state index in [2.05, 4.69) is 4.98 Å². The molecule has 4 heteroatoms. The van der Waals surface area contributed by atoms with Crippen LogP contribution in [0.25, 0.3) is 11.1 Å². The van der Waals surface area contributed by atoms with Crippen molar-refractivity contribution in [3.8, 4) is 11.8 Å². The molecule has 19 heavy (non-hydrogen) atoms. The fourth-order valence-electron chi connectivity index (χ4n) is 1.95. The van der Waals surface area contributed by atoms with Crippen LogP contribution in [0.1, 0.15) is 11.1 Å². The molecule has 0 saturated heterocycles. The van der Waals surface area contributed by atoms with E-state index in [0.29, 0.717) is 17.0 Å². The Morgan fingerprint density at radius 2 is 1.89 bits per heavy atom. The number of anilines is 1. The first-order valence-corrected chi connectivity index (χ1v) is 6.03. The molecule has 0 aliphatic heterocycles. The van der Waals surface area contributed by atoms with Gasteiger partial charge in [0.1, 0.15) is 11.3 Å². The molecule has 0 bridgehead atoms. The molecule has 0 saturated carbocycles. The monoisotopic (exact) mass is 254 g/mol. The van der Waals surface area contributed by atoms with Crippen LogP contribution in [-0.2, 0) is 0 Å². The molecule has 1 heterocycles. The lowest BCUT2D eigenvalue weighted by Crippen LogP contribution is -1.94. The zero-order valence-corrected chi connectivity index (χ0v) is 10.8. The van der Waals surface area contributed by atoms with Gasteiger partial charge in [0.25, 0.3) is 0 Å².